The van der Waals surface area contributed by atoms with E-state index in [-0.39, 0.29) is 12.0 Å². The van der Waals surface area contributed by atoms with Crippen molar-refractivity contribution < 1.29 is 4.42 Å². The maximum Gasteiger partial charge on any atom is 0.160 e. The largest absolute Gasteiger partial charge is 0.456 e. The van der Waals surface area contributed by atoms with Crippen molar-refractivity contribution in [1.29, 1.82) is 0 Å². The van der Waals surface area contributed by atoms with Gasteiger partial charge in [-0.3, -0.25) is 0 Å². The van der Waals surface area contributed by atoms with Gasteiger partial charge >= 0.3 is 0 Å². The summed E-state index contributed by atoms with van der Waals surface area (Å²) in [7, 11) is 0. The van der Waals surface area contributed by atoms with Gasteiger partial charge in [-0.1, -0.05) is 170 Å². The number of benzene rings is 7. The number of fused-ring (bicyclic) bond motifs is 15. The zero-order valence-corrected chi connectivity index (χ0v) is 34.4. The van der Waals surface area contributed by atoms with E-state index in [1.165, 1.54) is 50.3 Å². The average Bonchev–Trinajstić information content (AvgIpc) is 4.00. The molecule has 4 nitrogen and oxygen atoms in total. The topological polar surface area (TPSA) is 42.2 Å². The third-order valence-electron chi connectivity index (χ3n) is 14.4. The molecule has 0 N–H and O–H groups in total. The Bertz CT molecular complexity index is 3610. The van der Waals surface area contributed by atoms with Crippen molar-refractivity contribution in [3.63, 3.8) is 0 Å². The van der Waals surface area contributed by atoms with Crippen LogP contribution >= 0.6 is 0 Å². The summed E-state index contributed by atoms with van der Waals surface area (Å²) in [6, 6.07) is 64.2. The molecule has 0 saturated carbocycles. The van der Waals surface area contributed by atoms with Gasteiger partial charge in [0.2, 0.25) is 0 Å². The number of para-hydroxylation sites is 3. The molecule has 4 heterocycles. The zero-order valence-electron chi connectivity index (χ0n) is 34.4. The van der Waals surface area contributed by atoms with Gasteiger partial charge < -0.3 is 9.32 Å². The number of nitrogens with zero attached hydrogens (tertiary/aromatic N) is 3. The Morgan fingerprint density at radius 2 is 1.25 bits per heavy atom. The molecule has 0 amide bonds. The van der Waals surface area contributed by atoms with Crippen LogP contribution in [0.25, 0.3) is 73.1 Å². The van der Waals surface area contributed by atoms with Crippen LogP contribution in [-0.2, 0) is 5.41 Å². The molecule has 296 valence electrons. The number of hydrogen-bond donors (Lipinski definition) is 0. The minimum atomic E-state index is -0.463. The molecule has 9 aromatic rings. The highest BCUT2D eigenvalue weighted by Crippen LogP contribution is 2.66. The third kappa shape index (κ3) is 4.75. The monoisotopic (exact) mass is 805 g/mol. The lowest BCUT2D eigenvalue weighted by Crippen LogP contribution is -2.52. The summed E-state index contributed by atoms with van der Waals surface area (Å²) in [5.41, 5.74) is 20.4. The predicted molar refractivity (Wildman–Crippen MR) is 255 cm³/mol. The van der Waals surface area contributed by atoms with Crippen molar-refractivity contribution in [2.24, 2.45) is 5.92 Å². The fraction of sp³-hybridized carbons (Fsp3) is 0.0847. The van der Waals surface area contributed by atoms with Gasteiger partial charge in [-0.15, -0.1) is 0 Å². The van der Waals surface area contributed by atoms with E-state index in [0.717, 1.165) is 73.7 Å². The number of allylic oxidation sites excluding steroid dienone is 2. The summed E-state index contributed by atoms with van der Waals surface area (Å²) in [5, 5.41) is 2.30. The molecular formula is C59H39N3O. The van der Waals surface area contributed by atoms with E-state index in [4.69, 9.17) is 14.4 Å². The molecule has 3 atom stereocenters. The second-order valence-electron chi connectivity index (χ2n) is 17.4. The van der Waals surface area contributed by atoms with Crippen LogP contribution in [0.4, 0.5) is 11.4 Å². The molecule has 4 heteroatoms. The second kappa shape index (κ2) is 13.1. The smallest absolute Gasteiger partial charge is 0.160 e. The predicted octanol–water partition coefficient (Wildman–Crippen LogP) is 12.4. The number of aromatic nitrogens is 2. The molecule has 0 saturated heterocycles. The first-order valence-corrected chi connectivity index (χ1v) is 22.1. The second-order valence-corrected chi connectivity index (χ2v) is 17.4. The van der Waals surface area contributed by atoms with Crippen LogP contribution in [0, 0.1) is 5.92 Å². The Hall–Kier alpha value is -7.82. The molecule has 0 fully saturated rings. The van der Waals surface area contributed by atoms with Gasteiger partial charge in [-0.25, -0.2) is 9.97 Å². The molecular weight excluding hydrogens is 767 g/mol. The summed E-state index contributed by atoms with van der Waals surface area (Å²) in [6.07, 6.45) is 11.2. The van der Waals surface area contributed by atoms with Crippen molar-refractivity contribution in [3.05, 3.63) is 233 Å². The maximum atomic E-state index is 6.70. The Labute approximate surface area is 365 Å². The summed E-state index contributed by atoms with van der Waals surface area (Å²) >= 11 is 0. The van der Waals surface area contributed by atoms with E-state index in [1.54, 1.807) is 0 Å². The van der Waals surface area contributed by atoms with Crippen LogP contribution in [0.3, 0.4) is 0 Å². The fourth-order valence-electron chi connectivity index (χ4n) is 11.9. The summed E-state index contributed by atoms with van der Waals surface area (Å²) < 4.78 is 6.70. The number of anilines is 2. The van der Waals surface area contributed by atoms with Gasteiger partial charge in [0.05, 0.1) is 22.8 Å². The first kappa shape index (κ1) is 34.8. The van der Waals surface area contributed by atoms with Crippen LogP contribution in [-0.4, -0.2) is 16.0 Å². The van der Waals surface area contributed by atoms with Crippen molar-refractivity contribution in [2.75, 3.05) is 4.90 Å². The quantitative estimate of drug-likeness (QED) is 0.178. The SMILES string of the molecule is C1=CC2C3C(=C1)c1ccccc1N3c1ccccc1C21c2ccccc2-c2ccc(-c3nc(C4=c5oc6ccccc6c5=CCC4)cc(-c4ccccc4-c4ccccc4)n3)cc21. The number of furan rings is 1. The molecule has 0 bridgehead atoms. The lowest BCUT2D eigenvalue weighted by atomic mass is 9.57. The zero-order chi connectivity index (χ0) is 41.2. The van der Waals surface area contributed by atoms with Crippen molar-refractivity contribution in [1.82, 2.24) is 9.97 Å². The Morgan fingerprint density at radius 1 is 0.556 bits per heavy atom. The van der Waals surface area contributed by atoms with E-state index in [9.17, 15) is 0 Å². The van der Waals surface area contributed by atoms with Crippen LogP contribution in [0.2, 0.25) is 0 Å². The van der Waals surface area contributed by atoms with Gasteiger partial charge in [-0.2, -0.15) is 0 Å². The highest BCUT2D eigenvalue weighted by Gasteiger charge is 2.59. The van der Waals surface area contributed by atoms with Gasteiger partial charge in [0, 0.05) is 50.2 Å². The molecule has 5 aliphatic rings. The molecule has 1 spiro atoms. The molecule has 63 heavy (non-hydrogen) atoms. The molecule has 7 aromatic carbocycles. The van der Waals surface area contributed by atoms with Crippen LogP contribution in [0.5, 0.6) is 0 Å². The first-order chi connectivity index (χ1) is 31.3. The standard InChI is InChI=1S/C59H39N3O/c1-2-16-36(17-3-1)38-18-4-5-20-41(38)51-35-52(46-25-14-24-45-43-22-8-13-31-55(43)63-57(45)46)61-58(60-51)37-32-33-40-39-19-6-9-26-47(39)59(50(40)34-37)48-27-10-12-30-54(48)62-53-29-11-7-21-42(53)44-23-15-28-49(59)56(44)62/h1-13,15-24,26-35,49,56H,14,25H2. The number of hydrogen-bond acceptors (Lipinski definition) is 4. The first-order valence-electron chi connectivity index (χ1n) is 22.1. The van der Waals surface area contributed by atoms with E-state index < -0.39 is 5.41 Å². The van der Waals surface area contributed by atoms with Crippen molar-refractivity contribution in [2.45, 2.75) is 24.3 Å². The maximum absolute atomic E-state index is 6.70. The molecule has 2 aromatic heterocycles. The lowest BCUT2D eigenvalue weighted by Gasteiger charge is -2.52. The summed E-state index contributed by atoms with van der Waals surface area (Å²) in [5.74, 6) is 0.830. The molecule has 3 unspecified atom stereocenters. The van der Waals surface area contributed by atoms with Gasteiger partial charge in [0.15, 0.2) is 5.82 Å². The molecule has 14 rings (SSSR count). The Morgan fingerprint density at radius 3 is 2.14 bits per heavy atom. The Balaban J connectivity index is 1.03. The van der Waals surface area contributed by atoms with Crippen LogP contribution in [0.15, 0.2) is 199 Å². The molecule has 2 aliphatic heterocycles. The van der Waals surface area contributed by atoms with E-state index >= 15 is 0 Å². The van der Waals surface area contributed by atoms with Gasteiger partial charge in [0.25, 0.3) is 0 Å². The van der Waals surface area contributed by atoms with Crippen LogP contribution < -0.4 is 15.5 Å². The normalized spacial score (nSPS) is 19.5. The average molecular weight is 806 g/mol. The van der Waals surface area contributed by atoms with Crippen molar-refractivity contribution >= 4 is 39.6 Å². The minimum absolute atomic E-state index is 0.124. The highest BCUT2D eigenvalue weighted by molar-refractivity contribution is 5.99. The summed E-state index contributed by atoms with van der Waals surface area (Å²) in [4.78, 5) is 13.7. The summed E-state index contributed by atoms with van der Waals surface area (Å²) in [6.45, 7) is 0. The van der Waals surface area contributed by atoms with E-state index in [2.05, 4.69) is 199 Å². The molecule has 3 aliphatic carbocycles. The Kier molecular flexibility index (Phi) is 7.24. The van der Waals surface area contributed by atoms with E-state index in [0.29, 0.717) is 5.82 Å². The van der Waals surface area contributed by atoms with E-state index in [1.807, 2.05) is 6.07 Å². The van der Waals surface area contributed by atoms with Gasteiger partial charge in [0.1, 0.15) is 11.0 Å². The minimum Gasteiger partial charge on any atom is -0.456 e. The number of rotatable bonds is 4. The highest BCUT2D eigenvalue weighted by atomic mass is 16.3. The lowest BCUT2D eigenvalue weighted by molar-refractivity contribution is 0.404. The third-order valence-corrected chi connectivity index (χ3v) is 14.4. The fourth-order valence-corrected chi connectivity index (χ4v) is 11.9. The van der Waals surface area contributed by atoms with Gasteiger partial charge in [-0.05, 0) is 87.7 Å². The van der Waals surface area contributed by atoms with Crippen LogP contribution in [0.1, 0.15) is 40.8 Å². The van der Waals surface area contributed by atoms with Crippen molar-refractivity contribution in [3.8, 4) is 44.9 Å². The molecule has 0 radical (unpaired) electrons.